The van der Waals surface area contributed by atoms with Gasteiger partial charge in [-0.2, -0.15) is 0 Å². The topological polar surface area (TPSA) is 31.1 Å². The molecule has 0 aromatic carbocycles. The van der Waals surface area contributed by atoms with Crippen LogP contribution in [-0.2, 0) is 6.54 Å². The Kier molecular flexibility index (Phi) is 3.14. The lowest BCUT2D eigenvalue weighted by Crippen LogP contribution is -2.27. The summed E-state index contributed by atoms with van der Waals surface area (Å²) in [5.74, 6) is 0. The van der Waals surface area contributed by atoms with Crippen molar-refractivity contribution in [2.45, 2.75) is 6.54 Å². The summed E-state index contributed by atoms with van der Waals surface area (Å²) in [7, 11) is 4.04. The zero-order valence-corrected chi connectivity index (χ0v) is 7.09. The molecule has 1 rings (SSSR count). The van der Waals surface area contributed by atoms with E-state index in [1.165, 1.54) is 5.56 Å². The van der Waals surface area contributed by atoms with Crippen LogP contribution in [-0.4, -0.2) is 30.6 Å². The van der Waals surface area contributed by atoms with Crippen molar-refractivity contribution >= 4 is 0 Å². The standard InChI is InChI=1S/C8H15N3/c1-9-7-11(2)6-8-3-4-10-5-8/h3-5,9-10H,6-7H2,1-2H3. The van der Waals surface area contributed by atoms with Crippen LogP contribution in [0.15, 0.2) is 18.5 Å². The van der Waals surface area contributed by atoms with Gasteiger partial charge in [0.15, 0.2) is 0 Å². The first-order valence-electron chi connectivity index (χ1n) is 3.77. The highest BCUT2D eigenvalue weighted by atomic mass is 15.2. The molecule has 0 fully saturated rings. The van der Waals surface area contributed by atoms with Crippen molar-refractivity contribution in [2.75, 3.05) is 20.8 Å². The Morgan fingerprint density at radius 3 is 3.00 bits per heavy atom. The van der Waals surface area contributed by atoms with Crippen LogP contribution in [0.3, 0.4) is 0 Å². The molecule has 1 aromatic rings. The minimum atomic E-state index is 0.922. The van der Waals surface area contributed by atoms with Crippen LogP contribution in [0.5, 0.6) is 0 Å². The molecule has 2 N–H and O–H groups in total. The predicted molar refractivity (Wildman–Crippen MR) is 46.2 cm³/mol. The van der Waals surface area contributed by atoms with Gasteiger partial charge in [0.25, 0.3) is 0 Å². The highest BCUT2D eigenvalue weighted by Crippen LogP contribution is 1.99. The molecule has 0 aliphatic carbocycles. The molecule has 62 valence electrons. The first kappa shape index (κ1) is 8.30. The molecule has 0 unspecified atom stereocenters. The van der Waals surface area contributed by atoms with Crippen molar-refractivity contribution in [1.29, 1.82) is 0 Å². The highest BCUT2D eigenvalue weighted by molar-refractivity contribution is 5.07. The smallest absolute Gasteiger partial charge is 0.0478 e. The number of aromatic nitrogens is 1. The van der Waals surface area contributed by atoms with Crippen molar-refractivity contribution in [3.8, 4) is 0 Å². The summed E-state index contributed by atoms with van der Waals surface area (Å²) < 4.78 is 0. The van der Waals surface area contributed by atoms with Gasteiger partial charge in [0, 0.05) is 25.6 Å². The molecule has 3 nitrogen and oxygen atoms in total. The zero-order valence-electron chi connectivity index (χ0n) is 7.09. The molecule has 0 atom stereocenters. The molecule has 1 heterocycles. The van der Waals surface area contributed by atoms with Crippen LogP contribution in [0.4, 0.5) is 0 Å². The van der Waals surface area contributed by atoms with E-state index in [9.17, 15) is 0 Å². The Labute approximate surface area is 67.4 Å². The van der Waals surface area contributed by atoms with Crippen LogP contribution in [0.1, 0.15) is 5.56 Å². The lowest BCUT2D eigenvalue weighted by atomic mass is 10.3. The monoisotopic (exact) mass is 153 g/mol. The molecule has 0 saturated carbocycles. The van der Waals surface area contributed by atoms with Crippen molar-refractivity contribution in [3.05, 3.63) is 24.0 Å². The van der Waals surface area contributed by atoms with Crippen LogP contribution in [0.2, 0.25) is 0 Å². The summed E-state index contributed by atoms with van der Waals surface area (Å²) in [6, 6.07) is 2.09. The fourth-order valence-corrected chi connectivity index (χ4v) is 1.09. The Balaban J connectivity index is 2.31. The lowest BCUT2D eigenvalue weighted by Gasteiger charge is -2.14. The maximum absolute atomic E-state index is 3.10. The first-order chi connectivity index (χ1) is 5.33. The third-order valence-corrected chi connectivity index (χ3v) is 1.54. The van der Waals surface area contributed by atoms with E-state index in [1.54, 1.807) is 0 Å². The minimum absolute atomic E-state index is 0.922. The van der Waals surface area contributed by atoms with E-state index in [0.29, 0.717) is 0 Å². The van der Waals surface area contributed by atoms with Gasteiger partial charge in [-0.1, -0.05) is 0 Å². The Hall–Kier alpha value is -0.800. The lowest BCUT2D eigenvalue weighted by molar-refractivity contribution is 0.310. The van der Waals surface area contributed by atoms with Gasteiger partial charge < -0.3 is 10.3 Å². The zero-order chi connectivity index (χ0) is 8.10. The molecule has 1 aromatic heterocycles. The largest absolute Gasteiger partial charge is 0.367 e. The summed E-state index contributed by atoms with van der Waals surface area (Å²) in [6.07, 6.45) is 3.97. The molecule has 0 aliphatic rings. The average molecular weight is 153 g/mol. The molecule has 0 amide bonds. The second-order valence-electron chi connectivity index (χ2n) is 2.75. The molecule has 11 heavy (non-hydrogen) atoms. The van der Waals surface area contributed by atoms with E-state index in [-0.39, 0.29) is 0 Å². The maximum atomic E-state index is 3.10. The van der Waals surface area contributed by atoms with Crippen LogP contribution >= 0.6 is 0 Å². The highest BCUT2D eigenvalue weighted by Gasteiger charge is 1.97. The van der Waals surface area contributed by atoms with Gasteiger partial charge in [-0.25, -0.2) is 0 Å². The van der Waals surface area contributed by atoms with Gasteiger partial charge in [0.1, 0.15) is 0 Å². The number of hydrogen-bond acceptors (Lipinski definition) is 2. The second kappa shape index (κ2) is 4.16. The molecule has 0 radical (unpaired) electrons. The number of aromatic amines is 1. The molecule has 0 bridgehead atoms. The van der Waals surface area contributed by atoms with E-state index < -0.39 is 0 Å². The molecule has 0 spiro atoms. The van der Waals surface area contributed by atoms with Crippen molar-refractivity contribution < 1.29 is 0 Å². The van der Waals surface area contributed by atoms with Crippen LogP contribution in [0, 0.1) is 0 Å². The molecular weight excluding hydrogens is 138 g/mol. The van der Waals surface area contributed by atoms with Gasteiger partial charge in [0.2, 0.25) is 0 Å². The van der Waals surface area contributed by atoms with Gasteiger partial charge in [-0.3, -0.25) is 4.90 Å². The maximum Gasteiger partial charge on any atom is 0.0478 e. The van der Waals surface area contributed by atoms with Crippen molar-refractivity contribution in [1.82, 2.24) is 15.2 Å². The average Bonchev–Trinajstić information content (AvgIpc) is 2.40. The van der Waals surface area contributed by atoms with Gasteiger partial charge in [0.05, 0.1) is 0 Å². The number of H-pyrrole nitrogens is 1. The number of nitrogens with zero attached hydrogens (tertiary/aromatic N) is 1. The Morgan fingerprint density at radius 1 is 1.64 bits per heavy atom. The summed E-state index contributed by atoms with van der Waals surface area (Å²) in [5, 5.41) is 3.10. The van der Waals surface area contributed by atoms with E-state index in [0.717, 1.165) is 13.2 Å². The van der Waals surface area contributed by atoms with Gasteiger partial charge >= 0.3 is 0 Å². The fourth-order valence-electron chi connectivity index (χ4n) is 1.09. The van der Waals surface area contributed by atoms with Gasteiger partial charge in [-0.05, 0) is 25.7 Å². The molecule has 0 aliphatic heterocycles. The minimum Gasteiger partial charge on any atom is -0.367 e. The summed E-state index contributed by atoms with van der Waals surface area (Å²) >= 11 is 0. The SMILES string of the molecule is CNCN(C)Cc1cc[nH]c1. The van der Waals surface area contributed by atoms with E-state index in [4.69, 9.17) is 0 Å². The number of hydrogen-bond donors (Lipinski definition) is 2. The van der Waals surface area contributed by atoms with Crippen LogP contribution in [0.25, 0.3) is 0 Å². The number of rotatable bonds is 4. The quantitative estimate of drug-likeness (QED) is 0.621. The third kappa shape index (κ3) is 2.74. The van der Waals surface area contributed by atoms with Crippen molar-refractivity contribution in [3.63, 3.8) is 0 Å². The molecular formula is C8H15N3. The first-order valence-corrected chi connectivity index (χ1v) is 3.77. The van der Waals surface area contributed by atoms with Crippen LogP contribution < -0.4 is 5.32 Å². The fraction of sp³-hybridized carbons (Fsp3) is 0.500. The molecule has 3 heteroatoms. The summed E-state index contributed by atoms with van der Waals surface area (Å²) in [4.78, 5) is 5.24. The predicted octanol–water partition coefficient (Wildman–Crippen LogP) is 0.623. The van der Waals surface area contributed by atoms with Crippen molar-refractivity contribution in [2.24, 2.45) is 0 Å². The van der Waals surface area contributed by atoms with E-state index >= 15 is 0 Å². The summed E-state index contributed by atoms with van der Waals surface area (Å²) in [5.41, 5.74) is 1.32. The molecule has 0 saturated heterocycles. The van der Waals surface area contributed by atoms with Gasteiger partial charge in [-0.15, -0.1) is 0 Å². The Bertz CT molecular complexity index is 181. The second-order valence-corrected chi connectivity index (χ2v) is 2.75. The van der Waals surface area contributed by atoms with E-state index in [2.05, 4.69) is 28.3 Å². The number of nitrogens with one attached hydrogen (secondary N) is 2. The Morgan fingerprint density at radius 2 is 2.45 bits per heavy atom. The van der Waals surface area contributed by atoms with E-state index in [1.807, 2.05) is 19.4 Å². The third-order valence-electron chi connectivity index (χ3n) is 1.54. The summed E-state index contributed by atoms with van der Waals surface area (Å²) in [6.45, 7) is 1.91. The normalized spacial score (nSPS) is 10.8.